The Kier molecular flexibility index (Phi) is 5.81. The second-order valence-corrected chi connectivity index (χ2v) is 5.31. The molecule has 1 aliphatic rings. The molecule has 1 rings (SSSR count). The van der Waals surface area contributed by atoms with E-state index in [0.717, 1.165) is 0 Å². The highest BCUT2D eigenvalue weighted by Gasteiger charge is 2.56. The minimum absolute atomic E-state index is 0.0486. The minimum Gasteiger partial charge on any atom is -0.480 e. The van der Waals surface area contributed by atoms with E-state index in [-0.39, 0.29) is 31.4 Å². The fraction of sp³-hybridized carbons (Fsp3) is 0.600. The van der Waals surface area contributed by atoms with Crippen LogP contribution in [0.1, 0.15) is 39.0 Å². The highest BCUT2D eigenvalue weighted by Crippen LogP contribution is 2.44. The maximum absolute atomic E-state index is 12.4. The van der Waals surface area contributed by atoms with Gasteiger partial charge < -0.3 is 14.6 Å². The van der Waals surface area contributed by atoms with Gasteiger partial charge in [0.1, 0.15) is 11.7 Å². The average molecular weight is 296 g/mol. The van der Waals surface area contributed by atoms with Crippen LogP contribution in [0.4, 0.5) is 0 Å². The number of esters is 1. The summed E-state index contributed by atoms with van der Waals surface area (Å²) in [6.07, 6.45) is 2.26. The van der Waals surface area contributed by atoms with E-state index in [9.17, 15) is 24.3 Å². The molecule has 0 amide bonds. The molecule has 0 radical (unpaired) electrons. The Hall–Kier alpha value is -1.98. The third-order valence-corrected chi connectivity index (χ3v) is 3.85. The number of carbonyl (C=O) groups excluding carboxylic acids is 3. The van der Waals surface area contributed by atoms with Crippen molar-refractivity contribution >= 4 is 24.0 Å². The lowest BCUT2D eigenvalue weighted by atomic mass is 9.62. The van der Waals surface area contributed by atoms with Crippen molar-refractivity contribution < 1.29 is 29.0 Å². The Bertz CT molecular complexity index is 467. The van der Waals surface area contributed by atoms with Crippen molar-refractivity contribution in [1.82, 2.24) is 0 Å². The molecule has 21 heavy (non-hydrogen) atoms. The zero-order chi connectivity index (χ0) is 16.0. The van der Waals surface area contributed by atoms with Crippen LogP contribution in [0.3, 0.4) is 0 Å². The second kappa shape index (κ2) is 7.15. The molecule has 2 atom stereocenters. The summed E-state index contributed by atoms with van der Waals surface area (Å²) in [5.41, 5.74) is -1.67. The van der Waals surface area contributed by atoms with E-state index in [2.05, 4.69) is 6.58 Å². The van der Waals surface area contributed by atoms with Crippen LogP contribution < -0.4 is 0 Å². The minimum atomic E-state index is -1.79. The fourth-order valence-electron chi connectivity index (χ4n) is 2.81. The van der Waals surface area contributed by atoms with E-state index in [1.165, 1.54) is 6.92 Å². The van der Waals surface area contributed by atoms with Crippen LogP contribution in [0.15, 0.2) is 12.2 Å². The Morgan fingerprint density at radius 2 is 2.05 bits per heavy atom. The van der Waals surface area contributed by atoms with E-state index in [4.69, 9.17) is 4.74 Å². The van der Waals surface area contributed by atoms with Crippen LogP contribution in [-0.4, -0.2) is 35.7 Å². The highest BCUT2D eigenvalue weighted by atomic mass is 16.5. The molecule has 6 nitrogen and oxygen atoms in total. The predicted octanol–water partition coefficient (Wildman–Crippen LogP) is 1.52. The van der Waals surface area contributed by atoms with Crippen LogP contribution in [-0.2, 0) is 23.9 Å². The number of aliphatic carboxylic acids is 1. The summed E-state index contributed by atoms with van der Waals surface area (Å²) >= 11 is 0. The van der Waals surface area contributed by atoms with Gasteiger partial charge in [0.05, 0.1) is 12.5 Å². The van der Waals surface area contributed by atoms with Gasteiger partial charge in [0.25, 0.3) is 0 Å². The summed E-state index contributed by atoms with van der Waals surface area (Å²) in [6.45, 7) is 4.86. The Balaban J connectivity index is 3.08. The Morgan fingerprint density at radius 3 is 2.57 bits per heavy atom. The van der Waals surface area contributed by atoms with Gasteiger partial charge in [0, 0.05) is 6.42 Å². The summed E-state index contributed by atoms with van der Waals surface area (Å²) in [5.74, 6) is -3.69. The molecule has 0 aromatic rings. The molecule has 116 valence electrons. The number of rotatable bonds is 7. The first-order chi connectivity index (χ1) is 9.87. The number of carbonyl (C=O) groups is 4. The van der Waals surface area contributed by atoms with Crippen LogP contribution in [0, 0.1) is 11.3 Å². The Labute approximate surface area is 123 Å². The van der Waals surface area contributed by atoms with Crippen molar-refractivity contribution in [2.45, 2.75) is 39.0 Å². The topological polar surface area (TPSA) is 97.7 Å². The summed E-state index contributed by atoms with van der Waals surface area (Å²) in [6, 6.07) is 0. The average Bonchev–Trinajstić information content (AvgIpc) is 2.46. The molecule has 0 aromatic heterocycles. The zero-order valence-corrected chi connectivity index (χ0v) is 12.1. The van der Waals surface area contributed by atoms with Crippen LogP contribution >= 0.6 is 0 Å². The number of aldehydes is 1. The summed E-state index contributed by atoms with van der Waals surface area (Å²) in [7, 11) is 0. The van der Waals surface area contributed by atoms with E-state index < -0.39 is 29.1 Å². The number of hydrogen-bond acceptors (Lipinski definition) is 5. The molecule has 0 saturated heterocycles. The lowest BCUT2D eigenvalue weighted by molar-refractivity contribution is -0.172. The first-order valence-corrected chi connectivity index (χ1v) is 6.92. The molecule has 0 heterocycles. The molecule has 1 fully saturated rings. The van der Waals surface area contributed by atoms with Gasteiger partial charge in [0.2, 0.25) is 0 Å². The number of carboxylic acids is 1. The number of carboxylic acid groups (broad SMARTS) is 1. The van der Waals surface area contributed by atoms with E-state index in [1.54, 1.807) is 0 Å². The summed E-state index contributed by atoms with van der Waals surface area (Å²) in [5, 5.41) is 9.57. The van der Waals surface area contributed by atoms with E-state index in [0.29, 0.717) is 19.1 Å². The van der Waals surface area contributed by atoms with Gasteiger partial charge in [-0.25, -0.2) is 0 Å². The molecule has 2 unspecified atom stereocenters. The van der Waals surface area contributed by atoms with Crippen LogP contribution in [0.5, 0.6) is 0 Å². The smallest absolute Gasteiger partial charge is 0.318 e. The molecule has 0 aliphatic heterocycles. The number of Topliss-reactive ketones (excluding diaryl/α,β-unsaturated/α-hetero) is 1. The molecule has 0 spiro atoms. The lowest BCUT2D eigenvalue weighted by Crippen LogP contribution is -2.51. The third-order valence-electron chi connectivity index (χ3n) is 3.85. The van der Waals surface area contributed by atoms with Crippen molar-refractivity contribution in [2.24, 2.45) is 11.3 Å². The second-order valence-electron chi connectivity index (χ2n) is 5.31. The van der Waals surface area contributed by atoms with Gasteiger partial charge in [-0.1, -0.05) is 19.4 Å². The largest absolute Gasteiger partial charge is 0.480 e. The van der Waals surface area contributed by atoms with Gasteiger partial charge in [-0.05, 0) is 25.3 Å². The molecule has 6 heteroatoms. The first kappa shape index (κ1) is 17.1. The van der Waals surface area contributed by atoms with Gasteiger partial charge >= 0.3 is 11.9 Å². The molecular formula is C15H20O6. The third kappa shape index (κ3) is 3.37. The van der Waals surface area contributed by atoms with Crippen molar-refractivity contribution in [3.63, 3.8) is 0 Å². The Morgan fingerprint density at radius 1 is 1.38 bits per heavy atom. The molecule has 0 bridgehead atoms. The van der Waals surface area contributed by atoms with Crippen LogP contribution in [0.25, 0.3) is 0 Å². The van der Waals surface area contributed by atoms with Gasteiger partial charge in [0.15, 0.2) is 5.78 Å². The van der Waals surface area contributed by atoms with Gasteiger partial charge in [-0.15, -0.1) is 0 Å². The van der Waals surface area contributed by atoms with Gasteiger partial charge in [-0.3, -0.25) is 14.4 Å². The number of allylic oxidation sites excluding steroid dienone is 1. The molecular weight excluding hydrogens is 276 g/mol. The lowest BCUT2D eigenvalue weighted by Gasteiger charge is -2.38. The maximum Gasteiger partial charge on any atom is 0.318 e. The highest BCUT2D eigenvalue weighted by molar-refractivity contribution is 6.13. The maximum atomic E-state index is 12.4. The molecule has 1 saturated carbocycles. The molecule has 1 N–H and O–H groups in total. The monoisotopic (exact) mass is 296 g/mol. The number of hydrogen-bond donors (Lipinski definition) is 1. The molecule has 0 aromatic carbocycles. The van der Waals surface area contributed by atoms with Crippen molar-refractivity contribution in [2.75, 3.05) is 6.61 Å². The normalized spacial score (nSPS) is 24.9. The quantitative estimate of drug-likeness (QED) is 0.251. The van der Waals surface area contributed by atoms with E-state index >= 15 is 0 Å². The summed E-state index contributed by atoms with van der Waals surface area (Å²) in [4.78, 5) is 46.5. The summed E-state index contributed by atoms with van der Waals surface area (Å²) < 4.78 is 4.94. The zero-order valence-electron chi connectivity index (χ0n) is 12.1. The molecule has 1 aliphatic carbocycles. The van der Waals surface area contributed by atoms with Crippen molar-refractivity contribution in [3.05, 3.63) is 12.2 Å². The predicted molar refractivity (Wildman–Crippen MR) is 73.5 cm³/mol. The number of ketones is 1. The number of ether oxygens (including phenoxy) is 1. The SMILES string of the molecule is C=C(C)C(=O)C1(C(=O)O)CCCCC1C(=O)OCCC=O. The van der Waals surface area contributed by atoms with Crippen molar-refractivity contribution in [3.8, 4) is 0 Å². The van der Waals surface area contributed by atoms with Crippen LogP contribution in [0.2, 0.25) is 0 Å². The standard InChI is InChI=1S/C15H20O6/c1-10(2)12(17)15(14(19)20)7-4-3-6-11(15)13(18)21-9-5-8-16/h8,11H,1,3-7,9H2,2H3,(H,19,20). The fourth-order valence-corrected chi connectivity index (χ4v) is 2.81. The first-order valence-electron chi connectivity index (χ1n) is 6.92. The van der Waals surface area contributed by atoms with Gasteiger partial charge in [-0.2, -0.15) is 0 Å². The van der Waals surface area contributed by atoms with Crippen molar-refractivity contribution in [1.29, 1.82) is 0 Å². The van der Waals surface area contributed by atoms with E-state index in [1.807, 2.05) is 0 Å².